The van der Waals surface area contributed by atoms with E-state index >= 15 is 0 Å². The van der Waals surface area contributed by atoms with Gasteiger partial charge in [-0.2, -0.15) is 0 Å². The van der Waals surface area contributed by atoms with Crippen molar-refractivity contribution in [3.8, 4) is 0 Å². The highest BCUT2D eigenvalue weighted by Gasteiger charge is 2.22. The van der Waals surface area contributed by atoms with Crippen LogP contribution in [0.3, 0.4) is 0 Å². The molecule has 1 aliphatic carbocycles. The van der Waals surface area contributed by atoms with Crippen molar-refractivity contribution in [3.63, 3.8) is 0 Å². The van der Waals surface area contributed by atoms with Crippen LogP contribution >= 0.6 is 0 Å². The van der Waals surface area contributed by atoms with E-state index in [2.05, 4.69) is 26.1 Å². The summed E-state index contributed by atoms with van der Waals surface area (Å²) >= 11 is 0. The van der Waals surface area contributed by atoms with Gasteiger partial charge in [0.05, 0.1) is 6.10 Å². The molecule has 84 valence electrons. The summed E-state index contributed by atoms with van der Waals surface area (Å²) in [7, 11) is 0. The molecule has 0 saturated heterocycles. The van der Waals surface area contributed by atoms with Crippen molar-refractivity contribution in [1.29, 1.82) is 0 Å². The number of hydrogen-bond acceptors (Lipinski definition) is 2. The van der Waals surface area contributed by atoms with Gasteiger partial charge in [-0.05, 0) is 50.1 Å². The van der Waals surface area contributed by atoms with E-state index in [-0.39, 0.29) is 6.10 Å². The molecule has 0 spiro atoms. The molecule has 2 atom stereocenters. The Morgan fingerprint density at radius 1 is 1.29 bits per heavy atom. The molecule has 1 rings (SSSR count). The molecule has 1 aliphatic rings. The fraction of sp³-hybridized carbons (Fsp3) is 1.00. The third kappa shape index (κ3) is 4.97. The molecular formula is C12H25NO. The number of aliphatic hydroxyl groups excluding tert-OH is 1. The summed E-state index contributed by atoms with van der Waals surface area (Å²) in [5, 5.41) is 12.9. The van der Waals surface area contributed by atoms with Crippen molar-refractivity contribution in [2.45, 2.75) is 52.6 Å². The van der Waals surface area contributed by atoms with E-state index in [4.69, 9.17) is 0 Å². The van der Waals surface area contributed by atoms with E-state index in [1.807, 2.05) is 0 Å². The first-order chi connectivity index (χ1) is 6.47. The molecule has 0 aromatic rings. The van der Waals surface area contributed by atoms with Crippen LogP contribution in [0.15, 0.2) is 0 Å². The molecule has 0 heterocycles. The van der Waals surface area contributed by atoms with Gasteiger partial charge in [0.25, 0.3) is 0 Å². The van der Waals surface area contributed by atoms with Crippen LogP contribution in [0.4, 0.5) is 0 Å². The molecule has 1 saturated carbocycles. The monoisotopic (exact) mass is 199 g/mol. The lowest BCUT2D eigenvalue weighted by Crippen LogP contribution is -2.28. The van der Waals surface area contributed by atoms with Crippen molar-refractivity contribution in [3.05, 3.63) is 0 Å². The molecule has 1 fully saturated rings. The Balaban J connectivity index is 1.99. The number of rotatable bonds is 4. The summed E-state index contributed by atoms with van der Waals surface area (Å²) in [6.45, 7) is 8.94. The highest BCUT2D eigenvalue weighted by atomic mass is 16.3. The quantitative estimate of drug-likeness (QED) is 0.680. The molecule has 2 unspecified atom stereocenters. The minimum Gasteiger partial charge on any atom is -0.393 e. The molecule has 0 bridgehead atoms. The maximum absolute atomic E-state index is 9.36. The second-order valence-electron chi connectivity index (χ2n) is 5.86. The van der Waals surface area contributed by atoms with E-state index in [1.54, 1.807) is 0 Å². The topological polar surface area (TPSA) is 32.3 Å². The van der Waals surface area contributed by atoms with Crippen LogP contribution in [-0.2, 0) is 0 Å². The first-order valence-electron chi connectivity index (χ1n) is 5.86. The molecule has 0 radical (unpaired) electrons. The van der Waals surface area contributed by atoms with Gasteiger partial charge in [-0.3, -0.25) is 0 Å². The second kappa shape index (κ2) is 5.13. The average molecular weight is 199 g/mol. The zero-order valence-electron chi connectivity index (χ0n) is 9.84. The summed E-state index contributed by atoms with van der Waals surface area (Å²) in [5.41, 5.74) is 0.384. The molecular weight excluding hydrogens is 174 g/mol. The zero-order chi connectivity index (χ0) is 10.6. The van der Waals surface area contributed by atoms with Crippen molar-refractivity contribution < 1.29 is 5.11 Å². The summed E-state index contributed by atoms with van der Waals surface area (Å²) in [6.07, 6.45) is 4.48. The fourth-order valence-corrected chi connectivity index (χ4v) is 2.08. The standard InChI is InChI=1S/C12H25NO/c1-12(2,3)9-13-7-6-10-4-5-11(14)8-10/h10-11,13-14H,4-9H2,1-3H3. The van der Waals surface area contributed by atoms with Gasteiger partial charge in [0.15, 0.2) is 0 Å². The summed E-state index contributed by atoms with van der Waals surface area (Å²) < 4.78 is 0. The van der Waals surface area contributed by atoms with Crippen LogP contribution in [0.1, 0.15) is 46.5 Å². The Kier molecular flexibility index (Phi) is 4.39. The lowest BCUT2D eigenvalue weighted by atomic mass is 9.96. The van der Waals surface area contributed by atoms with Gasteiger partial charge >= 0.3 is 0 Å². The van der Waals surface area contributed by atoms with Crippen molar-refractivity contribution in [2.24, 2.45) is 11.3 Å². The van der Waals surface area contributed by atoms with Crippen LogP contribution in [0.5, 0.6) is 0 Å². The fourth-order valence-electron chi connectivity index (χ4n) is 2.08. The van der Waals surface area contributed by atoms with Crippen LogP contribution in [0.2, 0.25) is 0 Å². The Morgan fingerprint density at radius 2 is 2.00 bits per heavy atom. The highest BCUT2D eigenvalue weighted by Crippen LogP contribution is 2.27. The Labute approximate surface area is 88.1 Å². The van der Waals surface area contributed by atoms with Gasteiger partial charge < -0.3 is 10.4 Å². The summed E-state index contributed by atoms with van der Waals surface area (Å²) in [4.78, 5) is 0. The van der Waals surface area contributed by atoms with Gasteiger partial charge in [-0.25, -0.2) is 0 Å². The van der Waals surface area contributed by atoms with Gasteiger partial charge in [-0.1, -0.05) is 20.8 Å². The Morgan fingerprint density at radius 3 is 2.50 bits per heavy atom. The van der Waals surface area contributed by atoms with Gasteiger partial charge in [-0.15, -0.1) is 0 Å². The summed E-state index contributed by atoms with van der Waals surface area (Å²) in [6, 6.07) is 0. The first kappa shape index (κ1) is 12.0. The van der Waals surface area contributed by atoms with E-state index in [0.29, 0.717) is 5.41 Å². The molecule has 14 heavy (non-hydrogen) atoms. The second-order valence-corrected chi connectivity index (χ2v) is 5.86. The van der Waals surface area contributed by atoms with Crippen LogP contribution in [-0.4, -0.2) is 24.3 Å². The molecule has 2 N–H and O–H groups in total. The normalized spacial score (nSPS) is 28.3. The lowest BCUT2D eigenvalue weighted by molar-refractivity contribution is 0.176. The molecule has 0 aromatic carbocycles. The zero-order valence-corrected chi connectivity index (χ0v) is 9.84. The molecule has 2 heteroatoms. The maximum atomic E-state index is 9.36. The van der Waals surface area contributed by atoms with E-state index < -0.39 is 0 Å². The number of aliphatic hydroxyl groups is 1. The Bertz CT molecular complexity index is 162. The molecule has 0 aliphatic heterocycles. The molecule has 0 amide bonds. The van der Waals surface area contributed by atoms with E-state index in [1.165, 1.54) is 12.8 Å². The average Bonchev–Trinajstić information content (AvgIpc) is 2.44. The van der Waals surface area contributed by atoms with Crippen LogP contribution in [0, 0.1) is 11.3 Å². The third-order valence-corrected chi connectivity index (χ3v) is 2.90. The number of hydrogen-bond donors (Lipinski definition) is 2. The minimum atomic E-state index is -0.0115. The van der Waals surface area contributed by atoms with E-state index in [0.717, 1.165) is 31.8 Å². The van der Waals surface area contributed by atoms with Crippen molar-refractivity contribution >= 4 is 0 Å². The van der Waals surface area contributed by atoms with Crippen LogP contribution in [0.25, 0.3) is 0 Å². The van der Waals surface area contributed by atoms with Crippen molar-refractivity contribution in [2.75, 3.05) is 13.1 Å². The van der Waals surface area contributed by atoms with Gasteiger partial charge in [0.1, 0.15) is 0 Å². The largest absolute Gasteiger partial charge is 0.393 e. The van der Waals surface area contributed by atoms with E-state index in [9.17, 15) is 5.11 Å². The maximum Gasteiger partial charge on any atom is 0.0543 e. The highest BCUT2D eigenvalue weighted by molar-refractivity contribution is 4.75. The molecule has 0 aromatic heterocycles. The van der Waals surface area contributed by atoms with Crippen molar-refractivity contribution in [1.82, 2.24) is 5.32 Å². The van der Waals surface area contributed by atoms with Crippen LogP contribution < -0.4 is 5.32 Å². The van der Waals surface area contributed by atoms with Gasteiger partial charge in [0.2, 0.25) is 0 Å². The molecule has 2 nitrogen and oxygen atoms in total. The van der Waals surface area contributed by atoms with Gasteiger partial charge in [0, 0.05) is 0 Å². The predicted octanol–water partition coefficient (Wildman–Crippen LogP) is 2.17. The predicted molar refractivity (Wildman–Crippen MR) is 60.3 cm³/mol. The first-order valence-corrected chi connectivity index (χ1v) is 5.86. The smallest absolute Gasteiger partial charge is 0.0543 e. The Hall–Kier alpha value is -0.0800. The SMILES string of the molecule is CC(C)(C)CNCCC1CCC(O)C1. The lowest BCUT2D eigenvalue weighted by Gasteiger charge is -2.19. The summed E-state index contributed by atoms with van der Waals surface area (Å²) in [5.74, 6) is 0.762. The third-order valence-electron chi connectivity index (χ3n) is 2.90. The number of nitrogens with one attached hydrogen (secondary N) is 1. The minimum absolute atomic E-state index is 0.0115.